The Kier molecular flexibility index (Phi) is 5.54. The number of amides is 1. The van der Waals surface area contributed by atoms with Gasteiger partial charge >= 0.3 is 0 Å². The minimum Gasteiger partial charge on any atom is -0.497 e. The molecule has 0 saturated heterocycles. The van der Waals surface area contributed by atoms with Crippen molar-refractivity contribution < 1.29 is 14.4 Å². The maximum absolute atomic E-state index is 12.5. The van der Waals surface area contributed by atoms with Gasteiger partial charge in [0.1, 0.15) is 12.3 Å². The molecule has 0 spiro atoms. The monoisotopic (exact) mass is 349 g/mol. The summed E-state index contributed by atoms with van der Waals surface area (Å²) in [6, 6.07) is 21.9. The van der Waals surface area contributed by atoms with Crippen LogP contribution in [0.2, 0.25) is 0 Å². The number of carbonyl (C=O) groups excluding carboxylic acids is 1. The van der Waals surface area contributed by atoms with E-state index in [1.54, 1.807) is 7.11 Å². The second-order valence-electron chi connectivity index (χ2n) is 6.65. The molecule has 1 unspecified atom stereocenters. The molecule has 4 heteroatoms. The van der Waals surface area contributed by atoms with E-state index in [0.717, 1.165) is 28.3 Å². The molecule has 3 aromatic rings. The smallest absolute Gasteiger partial charge is 0.282 e. The molecule has 2 atom stereocenters. The molecule has 0 aliphatic heterocycles. The molecule has 0 aliphatic carbocycles. The van der Waals surface area contributed by atoms with Crippen LogP contribution < -0.4 is 15.0 Å². The molecule has 4 nitrogen and oxygen atoms in total. The highest BCUT2D eigenvalue weighted by Gasteiger charge is 2.22. The highest BCUT2D eigenvalue weighted by Crippen LogP contribution is 2.21. The lowest BCUT2D eigenvalue weighted by Crippen LogP contribution is -3.12. The van der Waals surface area contributed by atoms with Gasteiger partial charge in [0.2, 0.25) is 0 Å². The topological polar surface area (TPSA) is 42.8 Å². The number of ether oxygens (including phenoxy) is 1. The molecule has 0 fully saturated rings. The first-order valence-corrected chi connectivity index (χ1v) is 8.82. The van der Waals surface area contributed by atoms with Crippen LogP contribution in [0.4, 0.5) is 5.69 Å². The SMILES string of the molecule is COc1ccc2cc(C[NH+](C)[C@H](C)C(=O)Nc3ccccc3)ccc2c1. The Labute approximate surface area is 154 Å². The van der Waals surface area contributed by atoms with Crippen LogP contribution in [0.3, 0.4) is 0 Å². The molecule has 26 heavy (non-hydrogen) atoms. The van der Waals surface area contributed by atoms with Gasteiger partial charge in [0.25, 0.3) is 5.91 Å². The fraction of sp³-hybridized carbons (Fsp3) is 0.227. The van der Waals surface area contributed by atoms with E-state index in [1.807, 2.05) is 56.4 Å². The van der Waals surface area contributed by atoms with Crippen molar-refractivity contribution in [3.05, 3.63) is 72.3 Å². The number of rotatable bonds is 6. The third-order valence-corrected chi connectivity index (χ3v) is 4.77. The maximum Gasteiger partial charge on any atom is 0.282 e. The molecule has 3 rings (SSSR count). The normalized spacial score (nSPS) is 13.2. The van der Waals surface area contributed by atoms with Gasteiger partial charge in [-0.15, -0.1) is 0 Å². The fourth-order valence-corrected chi connectivity index (χ4v) is 2.98. The van der Waals surface area contributed by atoms with Crippen LogP contribution in [-0.2, 0) is 11.3 Å². The Morgan fingerprint density at radius 1 is 1.04 bits per heavy atom. The Morgan fingerprint density at radius 3 is 2.46 bits per heavy atom. The van der Waals surface area contributed by atoms with E-state index in [9.17, 15) is 4.79 Å². The van der Waals surface area contributed by atoms with E-state index in [2.05, 4.69) is 29.6 Å². The summed E-state index contributed by atoms with van der Waals surface area (Å²) in [4.78, 5) is 13.6. The largest absolute Gasteiger partial charge is 0.497 e. The van der Waals surface area contributed by atoms with Crippen molar-refractivity contribution in [2.24, 2.45) is 0 Å². The lowest BCUT2D eigenvalue weighted by atomic mass is 10.1. The summed E-state index contributed by atoms with van der Waals surface area (Å²) in [6.07, 6.45) is 0. The quantitative estimate of drug-likeness (QED) is 0.719. The third kappa shape index (κ3) is 4.21. The number of likely N-dealkylation sites (N-methyl/N-ethyl adjacent to an activating group) is 1. The minimum absolute atomic E-state index is 0.0271. The summed E-state index contributed by atoms with van der Waals surface area (Å²) in [5, 5.41) is 5.31. The highest BCUT2D eigenvalue weighted by atomic mass is 16.5. The molecule has 0 bridgehead atoms. The van der Waals surface area contributed by atoms with E-state index in [4.69, 9.17) is 4.74 Å². The average Bonchev–Trinajstić information content (AvgIpc) is 2.67. The van der Waals surface area contributed by atoms with Gasteiger partial charge in [0.05, 0.1) is 14.2 Å². The van der Waals surface area contributed by atoms with Crippen molar-refractivity contribution in [2.75, 3.05) is 19.5 Å². The van der Waals surface area contributed by atoms with Gasteiger partial charge in [-0.1, -0.05) is 36.4 Å². The van der Waals surface area contributed by atoms with E-state index < -0.39 is 0 Å². The second-order valence-corrected chi connectivity index (χ2v) is 6.65. The summed E-state index contributed by atoms with van der Waals surface area (Å²) in [5.74, 6) is 0.887. The van der Waals surface area contributed by atoms with E-state index in [-0.39, 0.29) is 11.9 Å². The van der Waals surface area contributed by atoms with Gasteiger partial charge in [-0.3, -0.25) is 4.79 Å². The predicted molar refractivity (Wildman–Crippen MR) is 106 cm³/mol. The third-order valence-electron chi connectivity index (χ3n) is 4.77. The van der Waals surface area contributed by atoms with Crippen LogP contribution in [0.5, 0.6) is 5.75 Å². The number of fused-ring (bicyclic) bond motifs is 1. The Balaban J connectivity index is 1.67. The van der Waals surface area contributed by atoms with Crippen LogP contribution in [0.1, 0.15) is 12.5 Å². The van der Waals surface area contributed by atoms with Gasteiger partial charge in [-0.2, -0.15) is 0 Å². The zero-order chi connectivity index (χ0) is 18.5. The van der Waals surface area contributed by atoms with Gasteiger partial charge < -0.3 is 15.0 Å². The van der Waals surface area contributed by atoms with E-state index in [1.165, 1.54) is 10.9 Å². The number of carbonyl (C=O) groups is 1. The zero-order valence-corrected chi connectivity index (χ0v) is 15.5. The molecule has 0 aliphatic rings. The van der Waals surface area contributed by atoms with Crippen LogP contribution >= 0.6 is 0 Å². The lowest BCUT2D eigenvalue weighted by molar-refractivity contribution is -0.907. The number of anilines is 1. The first kappa shape index (κ1) is 18.0. The molecule has 0 saturated carbocycles. The molecule has 134 valence electrons. The molecular formula is C22H25N2O2+. The van der Waals surface area contributed by atoms with Crippen molar-refractivity contribution in [3.8, 4) is 5.75 Å². The number of para-hydroxylation sites is 1. The van der Waals surface area contributed by atoms with E-state index in [0.29, 0.717) is 0 Å². The van der Waals surface area contributed by atoms with Crippen molar-refractivity contribution in [1.82, 2.24) is 0 Å². The van der Waals surface area contributed by atoms with Crippen LogP contribution in [0.25, 0.3) is 10.8 Å². The minimum atomic E-state index is -0.151. The molecule has 2 N–H and O–H groups in total. The number of nitrogens with one attached hydrogen (secondary N) is 2. The summed E-state index contributed by atoms with van der Waals surface area (Å²) < 4.78 is 5.28. The van der Waals surface area contributed by atoms with Crippen molar-refractivity contribution in [2.45, 2.75) is 19.5 Å². The van der Waals surface area contributed by atoms with Crippen molar-refractivity contribution in [1.29, 1.82) is 0 Å². The zero-order valence-electron chi connectivity index (χ0n) is 15.5. The molecule has 3 aromatic carbocycles. The fourth-order valence-electron chi connectivity index (χ4n) is 2.98. The number of quaternary nitrogens is 1. The first-order chi connectivity index (χ1) is 12.6. The first-order valence-electron chi connectivity index (χ1n) is 8.82. The number of methoxy groups -OCH3 is 1. The Morgan fingerprint density at radius 2 is 1.73 bits per heavy atom. The van der Waals surface area contributed by atoms with Crippen LogP contribution in [-0.4, -0.2) is 26.1 Å². The lowest BCUT2D eigenvalue weighted by Gasteiger charge is -2.21. The van der Waals surface area contributed by atoms with Gasteiger partial charge in [0.15, 0.2) is 6.04 Å². The standard InChI is InChI=1S/C22H24N2O2/c1-16(22(25)23-20-7-5-4-6-8-20)24(2)15-17-9-10-19-14-21(26-3)12-11-18(19)13-17/h4-14,16H,15H2,1-3H3,(H,23,25)/p+1/t16-/m1/s1. The van der Waals surface area contributed by atoms with Gasteiger partial charge in [0, 0.05) is 11.3 Å². The number of hydrogen-bond acceptors (Lipinski definition) is 2. The molecule has 0 radical (unpaired) electrons. The van der Waals surface area contributed by atoms with E-state index >= 15 is 0 Å². The Bertz CT molecular complexity index is 893. The number of benzene rings is 3. The van der Waals surface area contributed by atoms with Crippen molar-refractivity contribution in [3.63, 3.8) is 0 Å². The van der Waals surface area contributed by atoms with Crippen LogP contribution in [0, 0.1) is 0 Å². The second kappa shape index (κ2) is 8.02. The number of hydrogen-bond donors (Lipinski definition) is 2. The summed E-state index contributed by atoms with van der Waals surface area (Å²) in [7, 11) is 3.73. The molecule has 0 heterocycles. The average molecular weight is 349 g/mol. The predicted octanol–water partition coefficient (Wildman–Crippen LogP) is 2.89. The Hall–Kier alpha value is -2.85. The summed E-state index contributed by atoms with van der Waals surface area (Å²) in [5.41, 5.74) is 2.04. The van der Waals surface area contributed by atoms with Gasteiger partial charge in [-0.25, -0.2) is 0 Å². The van der Waals surface area contributed by atoms with Crippen molar-refractivity contribution >= 4 is 22.4 Å². The highest BCUT2D eigenvalue weighted by molar-refractivity contribution is 5.93. The molecule has 0 aromatic heterocycles. The molecule has 1 amide bonds. The molecular weight excluding hydrogens is 324 g/mol. The maximum atomic E-state index is 12.5. The summed E-state index contributed by atoms with van der Waals surface area (Å²) >= 11 is 0. The summed E-state index contributed by atoms with van der Waals surface area (Å²) in [6.45, 7) is 2.74. The van der Waals surface area contributed by atoms with Crippen LogP contribution in [0.15, 0.2) is 66.7 Å². The van der Waals surface area contributed by atoms with Gasteiger partial charge in [-0.05, 0) is 48.0 Å².